The number of nitrogens with two attached hydrogens (primary N) is 1. The number of guanidine groups is 1. The van der Waals surface area contributed by atoms with E-state index >= 15 is 0 Å². The van der Waals surface area contributed by atoms with Gasteiger partial charge in [0, 0.05) is 5.02 Å². The second-order valence-electron chi connectivity index (χ2n) is 4.53. The lowest BCUT2D eigenvalue weighted by Crippen LogP contribution is -2.37. The Bertz CT molecular complexity index is 923. The molecule has 8 nitrogen and oxygen atoms in total. The third-order valence-corrected chi connectivity index (χ3v) is 5.81. The van der Waals surface area contributed by atoms with Gasteiger partial charge >= 0.3 is 5.97 Å². The maximum atomic E-state index is 12.7. The van der Waals surface area contributed by atoms with Gasteiger partial charge in [-0.15, -0.1) is 15.8 Å². The van der Waals surface area contributed by atoms with Gasteiger partial charge in [0.15, 0.2) is 0 Å². The van der Waals surface area contributed by atoms with Crippen molar-refractivity contribution in [3.8, 4) is 0 Å². The summed E-state index contributed by atoms with van der Waals surface area (Å²) in [5, 5.41) is 13.2. The number of hydrazone groups is 1. The number of hydrogen-bond donors (Lipinski definition) is 2. The summed E-state index contributed by atoms with van der Waals surface area (Å²) < 4.78 is 30.3. The molecule has 0 saturated heterocycles. The molecular formula is C14H13ClN4O4S2. The van der Waals surface area contributed by atoms with Crippen molar-refractivity contribution in [2.75, 3.05) is 7.11 Å². The molecule has 0 radical (unpaired) electrons. The fraction of sp³-hybridized carbons (Fsp3) is 0.0714. The predicted octanol–water partition coefficient (Wildman–Crippen LogP) is 2.11. The van der Waals surface area contributed by atoms with E-state index in [1.54, 1.807) is 24.3 Å². The predicted molar refractivity (Wildman–Crippen MR) is 95.6 cm³/mol. The summed E-state index contributed by atoms with van der Waals surface area (Å²) in [7, 11) is -3.21. The highest BCUT2D eigenvalue weighted by atomic mass is 35.5. The quantitative estimate of drug-likeness (QED) is 0.344. The third-order valence-electron chi connectivity index (χ3n) is 2.89. The normalized spacial score (nSPS) is 11.4. The van der Waals surface area contributed by atoms with E-state index < -0.39 is 22.0 Å². The molecule has 0 spiro atoms. The molecule has 25 heavy (non-hydrogen) atoms. The Morgan fingerprint density at radius 3 is 2.56 bits per heavy atom. The Hall–Kier alpha value is -2.43. The van der Waals surface area contributed by atoms with Crippen LogP contribution in [-0.4, -0.2) is 38.1 Å². The second kappa shape index (κ2) is 7.64. The van der Waals surface area contributed by atoms with Crippen LogP contribution in [0.15, 0.2) is 45.7 Å². The van der Waals surface area contributed by atoms with Crippen LogP contribution >= 0.6 is 22.9 Å². The molecule has 0 atom stereocenters. The minimum atomic E-state index is -4.35. The van der Waals surface area contributed by atoms with Crippen molar-refractivity contribution < 1.29 is 17.9 Å². The molecular weight excluding hydrogens is 388 g/mol. The summed E-state index contributed by atoms with van der Waals surface area (Å²) in [6.07, 6.45) is 1.21. The molecule has 11 heteroatoms. The minimum absolute atomic E-state index is 0.129. The van der Waals surface area contributed by atoms with E-state index in [2.05, 4.69) is 9.84 Å². The number of halogens is 1. The number of sulfonamides is 1. The van der Waals surface area contributed by atoms with Crippen molar-refractivity contribution in [1.29, 1.82) is 5.41 Å². The van der Waals surface area contributed by atoms with Gasteiger partial charge in [-0.2, -0.15) is 13.5 Å². The first-order valence-corrected chi connectivity index (χ1v) is 9.32. The topological polar surface area (TPSA) is 126 Å². The van der Waals surface area contributed by atoms with Crippen molar-refractivity contribution in [2.45, 2.75) is 4.90 Å². The first-order valence-electron chi connectivity index (χ1n) is 6.62. The van der Waals surface area contributed by atoms with Crippen LogP contribution in [0.2, 0.25) is 5.02 Å². The Labute approximate surface area is 153 Å². The highest BCUT2D eigenvalue weighted by Gasteiger charge is 2.31. The Morgan fingerprint density at radius 2 is 2.00 bits per heavy atom. The molecule has 1 heterocycles. The van der Waals surface area contributed by atoms with Gasteiger partial charge in [0.05, 0.1) is 13.3 Å². The maximum absolute atomic E-state index is 12.7. The van der Waals surface area contributed by atoms with Crippen molar-refractivity contribution in [1.82, 2.24) is 4.41 Å². The van der Waals surface area contributed by atoms with Crippen molar-refractivity contribution in [3.05, 3.63) is 51.2 Å². The molecule has 0 amide bonds. The number of ether oxygens (including phenoxy) is 1. The van der Waals surface area contributed by atoms with Crippen molar-refractivity contribution in [3.63, 3.8) is 0 Å². The maximum Gasteiger partial charge on any atom is 0.349 e. The molecule has 0 aliphatic rings. The van der Waals surface area contributed by atoms with Crippen molar-refractivity contribution >= 4 is 51.1 Å². The zero-order chi connectivity index (χ0) is 18.6. The Kier molecular flexibility index (Phi) is 5.77. The number of carbonyl (C=O) groups is 1. The van der Waals surface area contributed by atoms with E-state index in [0.29, 0.717) is 15.0 Å². The highest BCUT2D eigenvalue weighted by Crippen LogP contribution is 2.26. The number of methoxy groups -OCH3 is 1. The molecule has 0 bridgehead atoms. The molecule has 0 aliphatic carbocycles. The molecule has 1 aromatic heterocycles. The summed E-state index contributed by atoms with van der Waals surface area (Å²) in [6.45, 7) is 0. The van der Waals surface area contributed by atoms with Gasteiger partial charge in [0.2, 0.25) is 5.96 Å². The molecule has 2 rings (SSSR count). The second-order valence-corrected chi connectivity index (χ2v) is 7.62. The number of hydrogen-bond acceptors (Lipinski definition) is 7. The molecule has 3 N–H and O–H groups in total. The lowest BCUT2D eigenvalue weighted by Gasteiger charge is -2.16. The molecule has 0 saturated carbocycles. The smallest absolute Gasteiger partial charge is 0.349 e. The minimum Gasteiger partial charge on any atom is -0.465 e. The summed E-state index contributed by atoms with van der Waals surface area (Å²) in [4.78, 5) is 11.2. The number of thiophene rings is 1. The van der Waals surface area contributed by atoms with E-state index in [9.17, 15) is 13.2 Å². The van der Waals surface area contributed by atoms with Crippen LogP contribution in [0.3, 0.4) is 0 Å². The molecule has 2 aromatic rings. The van der Waals surface area contributed by atoms with Gasteiger partial charge in [-0.05, 0) is 29.1 Å². The van der Waals surface area contributed by atoms with Gasteiger partial charge in [-0.1, -0.05) is 23.7 Å². The van der Waals surface area contributed by atoms with Crippen LogP contribution in [0.4, 0.5) is 0 Å². The van der Waals surface area contributed by atoms with E-state index in [1.807, 2.05) is 0 Å². The number of nitrogens with one attached hydrogen (secondary N) is 1. The molecule has 0 fully saturated rings. The first kappa shape index (κ1) is 18.9. The van der Waals surface area contributed by atoms with Crippen LogP contribution in [-0.2, 0) is 14.8 Å². The SMILES string of the molecule is COC(=O)c1sccc1S(=O)(=O)N(/N=C/c1ccc(Cl)cc1)C(=N)N. The van der Waals surface area contributed by atoms with Gasteiger partial charge in [-0.3, -0.25) is 5.41 Å². The third kappa shape index (κ3) is 4.16. The van der Waals surface area contributed by atoms with E-state index in [0.717, 1.165) is 18.4 Å². The molecule has 0 unspecified atom stereocenters. The average Bonchev–Trinajstić information content (AvgIpc) is 3.06. The molecule has 0 aliphatic heterocycles. The monoisotopic (exact) mass is 400 g/mol. The van der Waals surface area contributed by atoms with E-state index in [1.165, 1.54) is 17.7 Å². The largest absolute Gasteiger partial charge is 0.465 e. The molecule has 1 aromatic carbocycles. The fourth-order valence-electron chi connectivity index (χ4n) is 1.76. The number of nitrogens with zero attached hydrogens (tertiary/aromatic N) is 2. The van der Waals surface area contributed by atoms with Crippen LogP contribution in [0.5, 0.6) is 0 Å². The van der Waals surface area contributed by atoms with Crippen molar-refractivity contribution in [2.24, 2.45) is 10.8 Å². The summed E-state index contributed by atoms with van der Waals surface area (Å²) in [6, 6.07) is 7.65. The summed E-state index contributed by atoms with van der Waals surface area (Å²) >= 11 is 6.67. The number of esters is 1. The number of carbonyl (C=O) groups excluding carboxylic acids is 1. The summed E-state index contributed by atoms with van der Waals surface area (Å²) in [5.41, 5.74) is 5.90. The fourth-order valence-corrected chi connectivity index (χ4v) is 4.31. The van der Waals surface area contributed by atoms with E-state index in [-0.39, 0.29) is 9.77 Å². The lowest BCUT2D eigenvalue weighted by atomic mass is 10.2. The highest BCUT2D eigenvalue weighted by molar-refractivity contribution is 7.89. The molecule has 132 valence electrons. The number of rotatable bonds is 5. The average molecular weight is 401 g/mol. The van der Waals surface area contributed by atoms with Gasteiger partial charge in [0.25, 0.3) is 10.0 Å². The summed E-state index contributed by atoms with van der Waals surface area (Å²) in [5.74, 6) is -1.63. The zero-order valence-corrected chi connectivity index (χ0v) is 15.2. The van der Waals surface area contributed by atoms with E-state index in [4.69, 9.17) is 22.7 Å². The zero-order valence-electron chi connectivity index (χ0n) is 12.8. The van der Waals surface area contributed by atoms with Crippen LogP contribution in [0, 0.1) is 5.41 Å². The Morgan fingerprint density at radius 1 is 1.36 bits per heavy atom. The van der Waals surface area contributed by atoms with Gasteiger partial charge in [0.1, 0.15) is 9.77 Å². The van der Waals surface area contributed by atoms with Gasteiger partial charge in [-0.25, -0.2) is 4.79 Å². The first-order chi connectivity index (χ1) is 11.8. The van der Waals surface area contributed by atoms with Crippen LogP contribution in [0.1, 0.15) is 15.2 Å². The van der Waals surface area contributed by atoms with Crippen LogP contribution < -0.4 is 5.73 Å². The lowest BCUT2D eigenvalue weighted by molar-refractivity contribution is 0.0602. The van der Waals surface area contributed by atoms with Crippen LogP contribution in [0.25, 0.3) is 0 Å². The number of benzene rings is 1. The standard InChI is InChI=1S/C14H13ClN4O4S2/c1-23-13(20)12-11(6-7-24-12)25(21,22)19(14(16)17)18-8-9-2-4-10(15)5-3-9/h2-8H,1H3,(H3,16,17)/b18-8+. The Balaban J connectivity index is 2.42. The van der Waals surface area contributed by atoms with Gasteiger partial charge < -0.3 is 10.5 Å².